The summed E-state index contributed by atoms with van der Waals surface area (Å²) in [7, 11) is 0. The Morgan fingerprint density at radius 1 is 1.27 bits per heavy atom. The third-order valence-electron chi connectivity index (χ3n) is 4.73. The SMILES string of the molecule is Cc1cccc([C@@H]2CCc3cc(CC(=O)NCC(C)(C)O)ccc3N2)c1. The molecule has 0 saturated heterocycles. The van der Waals surface area contributed by atoms with Crippen LogP contribution in [0.1, 0.15) is 48.6 Å². The molecule has 0 aliphatic carbocycles. The quantitative estimate of drug-likeness (QED) is 0.771. The van der Waals surface area contributed by atoms with E-state index < -0.39 is 5.60 Å². The number of carbonyl (C=O) groups excluding carboxylic acids is 1. The molecule has 1 aliphatic heterocycles. The predicted molar refractivity (Wildman–Crippen MR) is 105 cm³/mol. The number of hydrogen-bond acceptors (Lipinski definition) is 3. The average molecular weight is 352 g/mol. The van der Waals surface area contributed by atoms with Gasteiger partial charge in [0.1, 0.15) is 0 Å². The van der Waals surface area contributed by atoms with Crippen LogP contribution in [0.15, 0.2) is 42.5 Å². The molecule has 1 heterocycles. The molecule has 4 heteroatoms. The normalized spacial score (nSPS) is 16.5. The minimum Gasteiger partial charge on any atom is -0.389 e. The highest BCUT2D eigenvalue weighted by Gasteiger charge is 2.20. The second-order valence-corrected chi connectivity index (χ2v) is 7.91. The third-order valence-corrected chi connectivity index (χ3v) is 4.73. The summed E-state index contributed by atoms with van der Waals surface area (Å²) in [5.74, 6) is -0.0616. The van der Waals surface area contributed by atoms with Crippen LogP contribution in [0.5, 0.6) is 0 Å². The molecule has 1 amide bonds. The molecule has 26 heavy (non-hydrogen) atoms. The van der Waals surface area contributed by atoms with Crippen molar-refractivity contribution < 1.29 is 9.90 Å². The number of fused-ring (bicyclic) bond motifs is 1. The topological polar surface area (TPSA) is 61.4 Å². The molecule has 0 bridgehead atoms. The molecular weight excluding hydrogens is 324 g/mol. The Bertz CT molecular complexity index is 793. The van der Waals surface area contributed by atoms with Gasteiger partial charge in [-0.2, -0.15) is 0 Å². The van der Waals surface area contributed by atoms with Crippen LogP contribution in [0, 0.1) is 6.92 Å². The number of benzene rings is 2. The molecule has 3 N–H and O–H groups in total. The second kappa shape index (κ2) is 7.50. The highest BCUT2D eigenvalue weighted by atomic mass is 16.3. The van der Waals surface area contributed by atoms with E-state index in [1.807, 2.05) is 6.07 Å². The molecule has 3 rings (SSSR count). The van der Waals surface area contributed by atoms with E-state index in [0.717, 1.165) is 24.1 Å². The van der Waals surface area contributed by atoms with Gasteiger partial charge in [0.2, 0.25) is 5.91 Å². The van der Waals surface area contributed by atoms with Crippen LogP contribution in [-0.4, -0.2) is 23.2 Å². The first-order valence-electron chi connectivity index (χ1n) is 9.24. The van der Waals surface area contributed by atoms with Gasteiger partial charge in [-0.15, -0.1) is 0 Å². The second-order valence-electron chi connectivity index (χ2n) is 7.91. The van der Waals surface area contributed by atoms with Gasteiger partial charge in [0.05, 0.1) is 18.1 Å². The number of aryl methyl sites for hydroxylation is 2. The third kappa shape index (κ3) is 4.85. The first kappa shape index (κ1) is 18.5. The van der Waals surface area contributed by atoms with Crippen LogP contribution in [0.3, 0.4) is 0 Å². The van der Waals surface area contributed by atoms with E-state index in [2.05, 4.69) is 54.0 Å². The fourth-order valence-corrected chi connectivity index (χ4v) is 3.36. The molecule has 138 valence electrons. The molecule has 0 aromatic heterocycles. The van der Waals surface area contributed by atoms with E-state index in [-0.39, 0.29) is 12.5 Å². The fraction of sp³-hybridized carbons (Fsp3) is 0.409. The summed E-state index contributed by atoms with van der Waals surface area (Å²) in [6.45, 7) is 5.75. The smallest absolute Gasteiger partial charge is 0.224 e. The van der Waals surface area contributed by atoms with Crippen LogP contribution in [-0.2, 0) is 17.6 Å². The maximum atomic E-state index is 12.1. The lowest BCUT2D eigenvalue weighted by molar-refractivity contribution is -0.121. The summed E-state index contributed by atoms with van der Waals surface area (Å²) < 4.78 is 0. The molecule has 0 radical (unpaired) electrons. The number of hydrogen-bond donors (Lipinski definition) is 3. The average Bonchev–Trinajstić information content (AvgIpc) is 2.59. The minimum atomic E-state index is -0.889. The lowest BCUT2D eigenvalue weighted by Crippen LogP contribution is -2.38. The zero-order valence-electron chi connectivity index (χ0n) is 15.8. The first-order chi connectivity index (χ1) is 12.3. The van der Waals surface area contributed by atoms with Gasteiger partial charge < -0.3 is 15.7 Å². The summed E-state index contributed by atoms with van der Waals surface area (Å²) in [5.41, 5.74) is 5.14. The van der Waals surface area contributed by atoms with Crippen molar-refractivity contribution in [1.82, 2.24) is 5.32 Å². The van der Waals surface area contributed by atoms with Gasteiger partial charge >= 0.3 is 0 Å². The van der Waals surface area contributed by atoms with Crippen molar-refractivity contribution in [2.24, 2.45) is 0 Å². The molecule has 2 aromatic rings. The number of carbonyl (C=O) groups is 1. The van der Waals surface area contributed by atoms with Crippen molar-refractivity contribution in [3.05, 3.63) is 64.7 Å². The van der Waals surface area contributed by atoms with Gasteiger partial charge in [-0.1, -0.05) is 42.0 Å². The molecular formula is C22H28N2O2. The van der Waals surface area contributed by atoms with E-state index >= 15 is 0 Å². The Labute approximate surface area is 155 Å². The zero-order valence-corrected chi connectivity index (χ0v) is 15.8. The van der Waals surface area contributed by atoms with Crippen molar-refractivity contribution in [3.63, 3.8) is 0 Å². The van der Waals surface area contributed by atoms with Gasteiger partial charge in [0, 0.05) is 12.2 Å². The molecule has 1 atom stereocenters. The maximum absolute atomic E-state index is 12.1. The first-order valence-corrected chi connectivity index (χ1v) is 9.24. The Balaban J connectivity index is 1.64. The lowest BCUT2D eigenvalue weighted by atomic mass is 9.91. The monoisotopic (exact) mass is 352 g/mol. The fourth-order valence-electron chi connectivity index (χ4n) is 3.36. The van der Waals surface area contributed by atoms with Crippen LogP contribution >= 0.6 is 0 Å². The predicted octanol–water partition coefficient (Wildman–Crippen LogP) is 3.52. The van der Waals surface area contributed by atoms with E-state index in [0.29, 0.717) is 12.5 Å². The van der Waals surface area contributed by atoms with Gasteiger partial charge in [-0.05, 0) is 56.4 Å². The van der Waals surface area contributed by atoms with E-state index in [1.165, 1.54) is 16.7 Å². The number of aliphatic hydroxyl groups is 1. The van der Waals surface area contributed by atoms with Crippen LogP contribution in [0.4, 0.5) is 5.69 Å². The molecule has 4 nitrogen and oxygen atoms in total. The molecule has 0 fully saturated rings. The number of anilines is 1. The van der Waals surface area contributed by atoms with Crippen molar-refractivity contribution >= 4 is 11.6 Å². The highest BCUT2D eigenvalue weighted by Crippen LogP contribution is 2.33. The number of nitrogens with one attached hydrogen (secondary N) is 2. The highest BCUT2D eigenvalue weighted by molar-refractivity contribution is 5.79. The van der Waals surface area contributed by atoms with Gasteiger partial charge in [0.15, 0.2) is 0 Å². The molecule has 1 aliphatic rings. The van der Waals surface area contributed by atoms with Crippen LogP contribution in [0.2, 0.25) is 0 Å². The standard InChI is InChI=1S/C22H28N2O2/c1-15-5-4-6-17(11-15)20-10-8-18-12-16(7-9-19(18)24-20)13-21(25)23-14-22(2,3)26/h4-7,9,11-12,20,24,26H,8,10,13-14H2,1-3H3,(H,23,25)/t20-/m0/s1. The summed E-state index contributed by atoms with van der Waals surface area (Å²) in [6.07, 6.45) is 2.38. The Morgan fingerprint density at radius 3 is 2.81 bits per heavy atom. The number of amides is 1. The van der Waals surface area contributed by atoms with Crippen LogP contribution < -0.4 is 10.6 Å². The Hall–Kier alpha value is -2.33. The molecule has 0 spiro atoms. The van der Waals surface area contributed by atoms with Crippen molar-refractivity contribution in [1.29, 1.82) is 0 Å². The zero-order chi connectivity index (χ0) is 18.7. The van der Waals surface area contributed by atoms with Gasteiger partial charge in [0.25, 0.3) is 0 Å². The summed E-state index contributed by atoms with van der Waals surface area (Å²) in [5, 5.41) is 16.1. The molecule has 0 unspecified atom stereocenters. The van der Waals surface area contributed by atoms with Gasteiger partial charge in [-0.3, -0.25) is 4.79 Å². The summed E-state index contributed by atoms with van der Waals surface area (Å²) in [4.78, 5) is 12.1. The summed E-state index contributed by atoms with van der Waals surface area (Å²) in [6, 6.07) is 15.2. The largest absolute Gasteiger partial charge is 0.389 e. The van der Waals surface area contributed by atoms with Gasteiger partial charge in [-0.25, -0.2) is 0 Å². The Kier molecular flexibility index (Phi) is 5.33. The van der Waals surface area contributed by atoms with E-state index in [4.69, 9.17) is 0 Å². The van der Waals surface area contributed by atoms with E-state index in [9.17, 15) is 9.90 Å². The van der Waals surface area contributed by atoms with Crippen molar-refractivity contribution in [2.45, 2.75) is 51.7 Å². The van der Waals surface area contributed by atoms with Crippen LogP contribution in [0.25, 0.3) is 0 Å². The Morgan fingerprint density at radius 2 is 2.08 bits per heavy atom. The van der Waals surface area contributed by atoms with Crippen molar-refractivity contribution in [3.8, 4) is 0 Å². The molecule has 2 aromatic carbocycles. The minimum absolute atomic E-state index is 0.0616. The lowest BCUT2D eigenvalue weighted by Gasteiger charge is -2.28. The summed E-state index contributed by atoms with van der Waals surface area (Å²) >= 11 is 0. The number of rotatable bonds is 5. The molecule has 0 saturated carbocycles. The van der Waals surface area contributed by atoms with E-state index in [1.54, 1.807) is 13.8 Å². The van der Waals surface area contributed by atoms with Crippen molar-refractivity contribution in [2.75, 3.05) is 11.9 Å². The maximum Gasteiger partial charge on any atom is 0.224 e.